The summed E-state index contributed by atoms with van der Waals surface area (Å²) in [5, 5.41) is 0.736. The first-order valence-electron chi connectivity index (χ1n) is 6.84. The van der Waals surface area contributed by atoms with Crippen LogP contribution in [0.3, 0.4) is 0 Å². The van der Waals surface area contributed by atoms with Gasteiger partial charge in [-0.15, -0.1) is 0 Å². The highest BCUT2D eigenvalue weighted by molar-refractivity contribution is 6.42. The minimum Gasteiger partial charge on any atom is -0.338 e. The molecule has 0 radical (unpaired) electrons. The van der Waals surface area contributed by atoms with Gasteiger partial charge in [-0.25, -0.2) is 10.3 Å². The Balaban J connectivity index is 2.01. The Morgan fingerprint density at radius 2 is 2.05 bits per heavy atom. The molecule has 0 amide bonds. The topological polar surface area (TPSA) is 42.8 Å². The molecule has 3 unspecified atom stereocenters. The maximum atomic E-state index is 12.0. The van der Waals surface area contributed by atoms with Crippen molar-refractivity contribution in [2.24, 2.45) is 5.92 Å². The highest BCUT2D eigenvalue weighted by atomic mass is 35.5. The van der Waals surface area contributed by atoms with Crippen LogP contribution in [0.15, 0.2) is 30.0 Å². The van der Waals surface area contributed by atoms with Gasteiger partial charge < -0.3 is 9.74 Å². The normalized spacial score (nSPS) is 25.2. The van der Waals surface area contributed by atoms with Gasteiger partial charge in [-0.3, -0.25) is 0 Å². The number of hydrogen-bond donors (Lipinski definition) is 2. The molecule has 0 fully saturated rings. The Morgan fingerprint density at radius 3 is 2.71 bits per heavy atom. The molecular formula is C15H19Cl2N2O2+. The number of carbonyl (C=O) groups excluding carboxylic acids is 1. The molecule has 21 heavy (non-hydrogen) atoms. The second-order valence-corrected chi connectivity index (χ2v) is 6.30. The number of benzene rings is 1. The smallest absolute Gasteiger partial charge is 0.338 e. The van der Waals surface area contributed by atoms with Crippen LogP contribution in [0.1, 0.15) is 24.2 Å². The third kappa shape index (κ3) is 3.90. The van der Waals surface area contributed by atoms with Crippen molar-refractivity contribution in [3.63, 3.8) is 0 Å². The molecule has 2 N–H and O–H groups in total. The van der Waals surface area contributed by atoms with Crippen molar-refractivity contribution < 1.29 is 14.5 Å². The maximum absolute atomic E-state index is 12.0. The molecule has 1 aromatic carbocycles. The molecule has 0 spiro atoms. The van der Waals surface area contributed by atoms with E-state index >= 15 is 0 Å². The number of quaternary nitrogens is 1. The van der Waals surface area contributed by atoms with Crippen LogP contribution in [0, 0.1) is 5.92 Å². The van der Waals surface area contributed by atoms with Gasteiger partial charge in [-0.2, -0.15) is 0 Å². The Labute approximate surface area is 134 Å². The van der Waals surface area contributed by atoms with Gasteiger partial charge >= 0.3 is 5.97 Å². The van der Waals surface area contributed by atoms with Crippen LogP contribution in [0.5, 0.6) is 0 Å². The molecule has 0 bridgehead atoms. The lowest BCUT2D eigenvalue weighted by atomic mass is 10.0. The standard InChI is InChI=1S/C15H18Cl2N2O2/c1-9-8-19(3)10(2)6-14(9)18-21-15(20)11-4-5-12(16)13(17)7-11/h4-7,9-10,18H,8H2,1-3H3/p+1. The number of nitrogens with one attached hydrogen (secondary N) is 2. The summed E-state index contributed by atoms with van der Waals surface area (Å²) in [6, 6.07) is 5.03. The van der Waals surface area contributed by atoms with Crippen LogP contribution < -0.4 is 10.4 Å². The fraction of sp³-hybridized carbons (Fsp3) is 0.400. The lowest BCUT2D eigenvalue weighted by molar-refractivity contribution is -0.901. The summed E-state index contributed by atoms with van der Waals surface area (Å²) < 4.78 is 0. The fourth-order valence-electron chi connectivity index (χ4n) is 2.28. The van der Waals surface area contributed by atoms with E-state index in [2.05, 4.69) is 32.5 Å². The predicted octanol–water partition coefficient (Wildman–Crippen LogP) is 2.09. The van der Waals surface area contributed by atoms with Gasteiger partial charge in [0, 0.05) is 5.92 Å². The summed E-state index contributed by atoms with van der Waals surface area (Å²) in [6.07, 6.45) is 2.09. The molecule has 1 aromatic rings. The zero-order chi connectivity index (χ0) is 15.6. The van der Waals surface area contributed by atoms with Crippen molar-refractivity contribution in [1.82, 2.24) is 5.48 Å². The summed E-state index contributed by atoms with van der Waals surface area (Å²) in [7, 11) is 2.15. The van der Waals surface area contributed by atoms with Crippen molar-refractivity contribution in [1.29, 1.82) is 0 Å². The second kappa shape index (κ2) is 6.69. The van der Waals surface area contributed by atoms with Crippen LogP contribution in [-0.2, 0) is 4.84 Å². The predicted molar refractivity (Wildman–Crippen MR) is 83.5 cm³/mol. The SMILES string of the molecule is CC1C[NH+](C)C(C)C=C1NOC(=O)c1ccc(Cl)c(Cl)c1. The van der Waals surface area contributed by atoms with Crippen LogP contribution in [0.25, 0.3) is 0 Å². The lowest BCUT2D eigenvalue weighted by Gasteiger charge is -2.30. The van der Waals surface area contributed by atoms with Crippen LogP contribution in [-0.4, -0.2) is 25.6 Å². The molecule has 1 aliphatic rings. The van der Waals surface area contributed by atoms with Crippen molar-refractivity contribution in [3.05, 3.63) is 45.6 Å². The van der Waals surface area contributed by atoms with Gasteiger partial charge in [0.2, 0.25) is 0 Å². The number of hydrogen-bond acceptors (Lipinski definition) is 3. The van der Waals surface area contributed by atoms with E-state index in [1.165, 1.54) is 11.0 Å². The van der Waals surface area contributed by atoms with Gasteiger partial charge in [0.15, 0.2) is 0 Å². The maximum Gasteiger partial charge on any atom is 0.362 e. The molecule has 0 saturated carbocycles. The first kappa shape index (κ1) is 16.1. The van der Waals surface area contributed by atoms with E-state index in [4.69, 9.17) is 28.0 Å². The minimum absolute atomic E-state index is 0.308. The summed E-state index contributed by atoms with van der Waals surface area (Å²) in [4.78, 5) is 18.6. The summed E-state index contributed by atoms with van der Waals surface area (Å²) in [5.41, 5.74) is 4.07. The van der Waals surface area contributed by atoms with E-state index in [-0.39, 0.29) is 0 Å². The number of hydroxylamine groups is 1. The minimum atomic E-state index is -0.486. The summed E-state index contributed by atoms with van der Waals surface area (Å²) in [6.45, 7) is 5.22. The van der Waals surface area contributed by atoms with Crippen molar-refractivity contribution in [2.45, 2.75) is 19.9 Å². The Kier molecular flexibility index (Phi) is 5.14. The molecule has 0 aromatic heterocycles. The van der Waals surface area contributed by atoms with Crippen LogP contribution in [0.4, 0.5) is 0 Å². The van der Waals surface area contributed by atoms with Gasteiger partial charge in [0.05, 0.1) is 34.9 Å². The summed E-state index contributed by atoms with van der Waals surface area (Å²) >= 11 is 11.7. The third-order valence-corrected chi connectivity index (χ3v) is 4.52. The quantitative estimate of drug-likeness (QED) is 0.834. The molecule has 1 heterocycles. The number of rotatable bonds is 3. The molecule has 0 aliphatic carbocycles. The van der Waals surface area contributed by atoms with E-state index in [0.29, 0.717) is 27.6 Å². The first-order valence-corrected chi connectivity index (χ1v) is 7.60. The molecule has 114 valence electrons. The van der Waals surface area contributed by atoms with E-state index in [0.717, 1.165) is 12.2 Å². The molecule has 1 aliphatic heterocycles. The molecule has 2 rings (SSSR count). The highest BCUT2D eigenvalue weighted by Gasteiger charge is 2.25. The second-order valence-electron chi connectivity index (χ2n) is 5.48. The average molecular weight is 330 g/mol. The molecule has 4 nitrogen and oxygen atoms in total. The van der Waals surface area contributed by atoms with Crippen molar-refractivity contribution >= 4 is 29.2 Å². The molecule has 6 heteroatoms. The van der Waals surface area contributed by atoms with Gasteiger partial charge in [0.1, 0.15) is 6.04 Å². The molecular weight excluding hydrogens is 311 g/mol. The van der Waals surface area contributed by atoms with Gasteiger partial charge in [-0.1, -0.05) is 30.1 Å². The average Bonchev–Trinajstić information content (AvgIpc) is 2.44. The van der Waals surface area contributed by atoms with E-state index < -0.39 is 5.97 Å². The summed E-state index contributed by atoms with van der Waals surface area (Å²) in [5.74, 6) is -0.177. The zero-order valence-corrected chi connectivity index (χ0v) is 13.8. The van der Waals surface area contributed by atoms with Gasteiger partial charge in [-0.05, 0) is 31.2 Å². The monoisotopic (exact) mass is 329 g/mol. The zero-order valence-electron chi connectivity index (χ0n) is 12.2. The van der Waals surface area contributed by atoms with E-state index in [1.807, 2.05) is 0 Å². The van der Waals surface area contributed by atoms with E-state index in [1.54, 1.807) is 12.1 Å². The number of likely N-dealkylation sites (N-methyl/N-ethyl adjacent to an activating group) is 1. The molecule has 3 atom stereocenters. The van der Waals surface area contributed by atoms with Crippen molar-refractivity contribution in [3.8, 4) is 0 Å². The van der Waals surface area contributed by atoms with Crippen LogP contribution >= 0.6 is 23.2 Å². The number of halogens is 2. The van der Waals surface area contributed by atoms with Crippen LogP contribution in [0.2, 0.25) is 10.0 Å². The first-order chi connectivity index (χ1) is 9.88. The largest absolute Gasteiger partial charge is 0.362 e. The third-order valence-electron chi connectivity index (χ3n) is 3.78. The molecule has 0 saturated heterocycles. The lowest BCUT2D eigenvalue weighted by Crippen LogP contribution is -3.13. The fourth-order valence-corrected chi connectivity index (χ4v) is 2.57. The van der Waals surface area contributed by atoms with E-state index in [9.17, 15) is 4.79 Å². The van der Waals surface area contributed by atoms with Gasteiger partial charge in [0.25, 0.3) is 0 Å². The Hall–Kier alpha value is -1.23. The number of carbonyl (C=O) groups is 1. The highest BCUT2D eigenvalue weighted by Crippen LogP contribution is 2.23. The van der Waals surface area contributed by atoms with Crippen molar-refractivity contribution in [2.75, 3.05) is 13.6 Å². The Bertz CT molecular complexity index is 575. The Morgan fingerprint density at radius 1 is 1.33 bits per heavy atom.